The second-order valence-electron chi connectivity index (χ2n) is 12.7. The number of hydrogen-bond acceptors (Lipinski definition) is 2. The highest BCUT2D eigenvalue weighted by Crippen LogP contribution is 2.61. The lowest BCUT2D eigenvalue weighted by atomic mass is 9.49. The lowest BCUT2D eigenvalue weighted by molar-refractivity contribution is -0.159. The molecule has 1 aliphatic heterocycles. The van der Waals surface area contributed by atoms with Crippen LogP contribution < -0.4 is 4.90 Å². The maximum absolute atomic E-state index is 14.5. The molecule has 5 nitrogen and oxygen atoms in total. The Morgan fingerprint density at radius 1 is 0.789 bits per heavy atom. The van der Waals surface area contributed by atoms with E-state index in [9.17, 15) is 9.59 Å². The van der Waals surface area contributed by atoms with Gasteiger partial charge in [0.15, 0.2) is 0 Å². The van der Waals surface area contributed by atoms with Crippen LogP contribution in [0.1, 0.15) is 68.7 Å². The normalized spacial score (nSPS) is 30.6. The molecule has 6 aliphatic rings. The molecule has 38 heavy (non-hydrogen) atoms. The first-order valence-electron chi connectivity index (χ1n) is 14.5. The van der Waals surface area contributed by atoms with Crippen LogP contribution in [0, 0.1) is 23.2 Å². The van der Waals surface area contributed by atoms with Crippen molar-refractivity contribution in [2.45, 2.75) is 63.5 Å². The summed E-state index contributed by atoms with van der Waals surface area (Å²) >= 11 is 0. The second kappa shape index (κ2) is 8.33. The van der Waals surface area contributed by atoms with Crippen LogP contribution in [-0.2, 0) is 9.59 Å². The number of carbonyl (C=O) groups excluding carboxylic acids is 2. The van der Waals surface area contributed by atoms with Gasteiger partial charge in [-0.2, -0.15) is 0 Å². The first-order valence-corrected chi connectivity index (χ1v) is 14.5. The first kappa shape index (κ1) is 22.6. The minimum atomic E-state index is -0.232. The van der Waals surface area contributed by atoms with Crippen LogP contribution in [0.15, 0.2) is 72.9 Å². The molecule has 0 N–H and O–H groups in total. The fourth-order valence-corrected chi connectivity index (χ4v) is 8.86. The Bertz CT molecular complexity index is 1370. The molecule has 2 amide bonds. The maximum atomic E-state index is 14.5. The summed E-state index contributed by atoms with van der Waals surface area (Å²) in [6.45, 7) is 0.170. The van der Waals surface area contributed by atoms with Gasteiger partial charge in [-0.15, -0.1) is 0 Å². The molecule has 5 heteroatoms. The van der Waals surface area contributed by atoms with Crippen LogP contribution in [0.3, 0.4) is 0 Å². The molecule has 5 fully saturated rings. The lowest BCUT2D eigenvalue weighted by Gasteiger charge is -2.56. The Morgan fingerprint density at radius 3 is 2.08 bits per heavy atom. The van der Waals surface area contributed by atoms with Crippen molar-refractivity contribution < 1.29 is 9.59 Å². The molecule has 1 aromatic heterocycles. The Kier molecular flexibility index (Phi) is 4.96. The number of nitrogens with zero attached hydrogens (tertiary/aromatic N) is 3. The molecular weight excluding hydrogens is 470 g/mol. The van der Waals surface area contributed by atoms with Gasteiger partial charge in [0, 0.05) is 12.2 Å². The molecule has 1 atom stereocenters. The largest absolute Gasteiger partial charge is 0.330 e. The second-order valence-corrected chi connectivity index (χ2v) is 12.7. The molecule has 5 aliphatic carbocycles. The Hall–Kier alpha value is -3.34. The van der Waals surface area contributed by atoms with Crippen molar-refractivity contribution in [1.29, 1.82) is 0 Å². The van der Waals surface area contributed by atoms with E-state index in [0.29, 0.717) is 17.8 Å². The van der Waals surface area contributed by atoms with E-state index in [4.69, 9.17) is 0 Å². The number of benzene rings is 2. The first-order chi connectivity index (χ1) is 18.6. The van der Waals surface area contributed by atoms with Crippen molar-refractivity contribution in [2.75, 3.05) is 11.4 Å². The van der Waals surface area contributed by atoms with Crippen molar-refractivity contribution in [3.63, 3.8) is 0 Å². The average Bonchev–Trinajstić information content (AvgIpc) is 3.65. The van der Waals surface area contributed by atoms with Crippen LogP contribution >= 0.6 is 0 Å². The molecule has 9 rings (SSSR count). The highest BCUT2D eigenvalue weighted by atomic mass is 16.2. The Balaban J connectivity index is 1.16. The van der Waals surface area contributed by atoms with E-state index in [1.54, 1.807) is 0 Å². The summed E-state index contributed by atoms with van der Waals surface area (Å²) in [5.74, 6) is 2.45. The highest BCUT2D eigenvalue weighted by Gasteiger charge is 2.57. The molecule has 4 bridgehead atoms. The number of rotatable bonds is 5. The lowest BCUT2D eigenvalue weighted by Crippen LogP contribution is -2.57. The summed E-state index contributed by atoms with van der Waals surface area (Å²) in [5, 5.41) is 0. The van der Waals surface area contributed by atoms with Crippen molar-refractivity contribution in [2.24, 2.45) is 23.2 Å². The highest BCUT2D eigenvalue weighted by molar-refractivity contribution is 6.01. The molecule has 2 aromatic carbocycles. The van der Waals surface area contributed by atoms with Gasteiger partial charge in [0.1, 0.15) is 12.6 Å². The number of hydrogen-bond donors (Lipinski definition) is 0. The van der Waals surface area contributed by atoms with Crippen molar-refractivity contribution >= 4 is 17.5 Å². The molecular formula is C33H35N3O2. The van der Waals surface area contributed by atoms with Crippen LogP contribution in [0.4, 0.5) is 5.69 Å². The number of para-hydroxylation sites is 2. The van der Waals surface area contributed by atoms with Gasteiger partial charge >= 0.3 is 0 Å². The zero-order valence-corrected chi connectivity index (χ0v) is 21.8. The van der Waals surface area contributed by atoms with E-state index in [1.807, 2.05) is 40.1 Å². The van der Waals surface area contributed by atoms with E-state index >= 15 is 0 Å². The van der Waals surface area contributed by atoms with Gasteiger partial charge in [-0.25, -0.2) is 0 Å². The Morgan fingerprint density at radius 2 is 1.42 bits per heavy atom. The number of amides is 2. The van der Waals surface area contributed by atoms with Crippen molar-refractivity contribution in [1.82, 2.24) is 9.47 Å². The van der Waals surface area contributed by atoms with Crippen LogP contribution in [0.2, 0.25) is 0 Å². The summed E-state index contributed by atoms with van der Waals surface area (Å²) in [5.41, 5.74) is 3.87. The van der Waals surface area contributed by atoms with Crippen molar-refractivity contribution in [3.05, 3.63) is 84.2 Å². The van der Waals surface area contributed by atoms with E-state index in [0.717, 1.165) is 54.7 Å². The third kappa shape index (κ3) is 3.43. The minimum Gasteiger partial charge on any atom is -0.330 e. The summed E-state index contributed by atoms with van der Waals surface area (Å²) < 4.78 is 2.20. The summed E-state index contributed by atoms with van der Waals surface area (Å²) in [6.07, 6.45) is 11.2. The van der Waals surface area contributed by atoms with Gasteiger partial charge in [0.25, 0.3) is 0 Å². The minimum absolute atomic E-state index is 0.0173. The summed E-state index contributed by atoms with van der Waals surface area (Å²) in [7, 11) is 0. The van der Waals surface area contributed by atoms with Crippen LogP contribution in [0.5, 0.6) is 0 Å². The van der Waals surface area contributed by atoms with Gasteiger partial charge in [-0.3, -0.25) is 14.5 Å². The standard InChI is InChI=1S/C33H35N3O2/c37-30(21-35(26-12-13-26)32(38)33-18-22-15-23(19-33)17-24(16-22)20-33)36-28-10-5-4-9-27(28)34-14-6-11-29(34)31(36)25-7-2-1-3-8-25/h1-11,14,22-24,26,31H,12-13,15-21H2/t22?,23?,24?,31-,33?/m0/s1. The van der Waals surface area contributed by atoms with E-state index < -0.39 is 0 Å². The predicted octanol–water partition coefficient (Wildman–Crippen LogP) is 6.12. The van der Waals surface area contributed by atoms with E-state index in [2.05, 4.69) is 47.2 Å². The molecule has 0 saturated heterocycles. The molecule has 2 heterocycles. The average molecular weight is 506 g/mol. The Labute approximate surface area is 224 Å². The smallest absolute Gasteiger partial charge is 0.247 e. The number of carbonyl (C=O) groups is 2. The van der Waals surface area contributed by atoms with Gasteiger partial charge in [0.2, 0.25) is 11.8 Å². The monoisotopic (exact) mass is 505 g/mol. The van der Waals surface area contributed by atoms with Crippen molar-refractivity contribution in [3.8, 4) is 5.69 Å². The van der Waals surface area contributed by atoms with Gasteiger partial charge in [-0.1, -0.05) is 42.5 Å². The molecule has 194 valence electrons. The van der Waals surface area contributed by atoms with Gasteiger partial charge < -0.3 is 9.47 Å². The van der Waals surface area contributed by atoms with E-state index in [1.165, 1.54) is 19.3 Å². The molecule has 5 saturated carbocycles. The number of aromatic nitrogens is 1. The molecule has 0 radical (unpaired) electrons. The fourth-order valence-electron chi connectivity index (χ4n) is 8.86. The quantitative estimate of drug-likeness (QED) is 0.419. The maximum Gasteiger partial charge on any atom is 0.247 e. The zero-order chi connectivity index (χ0) is 25.4. The van der Waals surface area contributed by atoms with Crippen LogP contribution in [-0.4, -0.2) is 33.9 Å². The SMILES string of the molecule is O=C(CN(C(=O)C12CC3CC(CC(C3)C1)C2)C1CC1)N1c2ccccc2-n2cccc2[C@@H]1c1ccccc1. The fraction of sp³-hybridized carbons (Fsp3) is 0.455. The summed E-state index contributed by atoms with van der Waals surface area (Å²) in [6, 6.07) is 22.6. The zero-order valence-electron chi connectivity index (χ0n) is 21.8. The molecule has 0 spiro atoms. The number of fused-ring (bicyclic) bond motifs is 3. The third-order valence-corrected chi connectivity index (χ3v) is 10.1. The molecule has 3 aromatic rings. The van der Waals surface area contributed by atoms with Crippen LogP contribution in [0.25, 0.3) is 5.69 Å². The predicted molar refractivity (Wildman–Crippen MR) is 147 cm³/mol. The molecule has 0 unspecified atom stereocenters. The third-order valence-electron chi connectivity index (χ3n) is 10.1. The number of anilines is 1. The van der Waals surface area contributed by atoms with Gasteiger partial charge in [-0.05, 0) is 98.9 Å². The van der Waals surface area contributed by atoms with E-state index in [-0.39, 0.29) is 35.9 Å². The summed E-state index contributed by atoms with van der Waals surface area (Å²) in [4.78, 5) is 32.9. The topological polar surface area (TPSA) is 45.6 Å². The van der Waals surface area contributed by atoms with Gasteiger partial charge in [0.05, 0.1) is 22.5 Å².